The van der Waals surface area contributed by atoms with E-state index < -0.39 is 68.9 Å². The molecule has 0 amide bonds. The number of hydrogen-bond acceptors (Lipinski definition) is 15. The van der Waals surface area contributed by atoms with Gasteiger partial charge in [-0.25, -0.2) is 4.79 Å². The topological polar surface area (TPSA) is 205 Å². The summed E-state index contributed by atoms with van der Waals surface area (Å²) in [5, 5.41) is 60.8. The van der Waals surface area contributed by atoms with Gasteiger partial charge in [-0.2, -0.15) is 0 Å². The molecule has 1 heterocycles. The van der Waals surface area contributed by atoms with Crippen LogP contribution in [0.4, 0.5) is 0 Å². The van der Waals surface area contributed by atoms with Crippen molar-refractivity contribution >= 4 is 294 Å². The van der Waals surface area contributed by atoms with Crippen LogP contribution in [0.5, 0.6) is 28.7 Å². The molecule has 29 aromatic rings. The van der Waals surface area contributed by atoms with E-state index in [2.05, 4.69) is 33.4 Å². The fraction of sp³-hybridized carbons (Fsp3) is 0.346. The SMILES string of the molecule is CCCCCCCCOc1cc(COC(=O)C23C(=O)OCc4cc(cc(OCC(=O)OCc5ccc(C[NH3+])cc5)c4)COC(=O)C4(C(=O)OCc5cc(OCCCCCCCC)cc(OCCCCCCCC)c5)C56C7=c8c9c%10c%11c%12c%13c%14c%15c(c5c5c%16c%17c%18c%19c(c8c8c9c9c%11c%11c%20c%12c%12c%14c%14c%15c5c5c%16c%15c%18c%16c%18c%19c8c8c9c%11c9c(c%188)c8c%16c%15c%11c5c%14c5c%12c%20c9c8c5%11)C%1746)C72C%10%133)cc(OCCCCCCCC)c1. The molecule has 39 rings (SSSR count). The maximum atomic E-state index is 19.6. The van der Waals surface area contributed by atoms with Crippen molar-refractivity contribution in [1.29, 1.82) is 0 Å². The van der Waals surface area contributed by atoms with Crippen LogP contribution in [-0.4, -0.2) is 62.9 Å². The molecular formula is C130H98NO15+. The number of rotatable bonds is 44. The number of hydrogen-bond donors (Lipinski definition) is 1. The Balaban J connectivity index is 0.629. The van der Waals surface area contributed by atoms with Gasteiger partial charge in [0.25, 0.3) is 0 Å². The van der Waals surface area contributed by atoms with Gasteiger partial charge in [-0.05, 0) is 399 Å². The molecular weight excluding hydrogens is 1820 g/mol. The van der Waals surface area contributed by atoms with Crippen molar-refractivity contribution in [2.45, 2.75) is 243 Å². The Kier molecular flexibility index (Phi) is 13.7. The second kappa shape index (κ2) is 25.2. The number of benzene rings is 20. The van der Waals surface area contributed by atoms with Crippen LogP contribution in [0.15, 0.2) is 78.9 Å². The first-order valence-electron chi connectivity index (χ1n) is 55.3. The van der Waals surface area contributed by atoms with Crippen LogP contribution in [-0.2, 0) is 109 Å². The van der Waals surface area contributed by atoms with Gasteiger partial charge in [0.1, 0.15) is 61.8 Å². The van der Waals surface area contributed by atoms with Crippen LogP contribution in [0.3, 0.4) is 0 Å². The van der Waals surface area contributed by atoms with Crippen molar-refractivity contribution in [3.05, 3.63) is 151 Å². The van der Waals surface area contributed by atoms with E-state index in [1.54, 1.807) is 12.1 Å². The maximum Gasteiger partial charge on any atom is 0.344 e. The van der Waals surface area contributed by atoms with Gasteiger partial charge in [0, 0.05) is 17.7 Å². The molecule has 146 heavy (non-hydrogen) atoms. The van der Waals surface area contributed by atoms with Crippen molar-refractivity contribution in [1.82, 2.24) is 0 Å². The lowest BCUT2D eigenvalue weighted by molar-refractivity contribution is -0.386. The Bertz CT molecular complexity index is 10200. The fourth-order valence-electron chi connectivity index (χ4n) is 37.3. The Hall–Kier alpha value is -14.1. The normalized spacial score (nSPS) is 21.7. The lowest BCUT2D eigenvalue weighted by Crippen LogP contribution is -2.47. The number of carbonyl (C=O) groups excluding carboxylic acids is 5. The van der Waals surface area contributed by atoms with E-state index in [0.717, 1.165) is 233 Å². The predicted octanol–water partition coefficient (Wildman–Crippen LogP) is 28.1. The molecule has 6 atom stereocenters. The third kappa shape index (κ3) is 7.35. The zero-order chi connectivity index (χ0) is 95.6. The van der Waals surface area contributed by atoms with Gasteiger partial charge in [0.05, 0.1) is 54.6 Å². The summed E-state index contributed by atoms with van der Waals surface area (Å²) in [7, 11) is 0. The molecule has 0 radical (unpaired) electrons. The molecule has 712 valence electrons. The molecule has 16 heteroatoms. The standard InChI is InChI=1S/C130H97NO15/c1-5-9-13-17-21-25-33-137-60-40-57(41-61(44-60)138-34-26-22-18-14-10-6-2)50-145-123(135)129-121(133)143-48-55-37-56(39-59(38-55)141-52-64(132)142-47-54-31-29-53(46-131)30-32-54)49-144-122(134)130(124(136)146-51-58-42-62(139-35-27-23-19-15-11-7-3)45-63(43-58)140-36-28-24-20-16-12-8-4)126-115-104-94-84-74-68-65-66-71-77-73-67(65)69-70(68)76-82-81-75(69)85-83(73)93-87(77)97-89-79(71)80-72(66)78(74)88(94)98-90(80)100-99(89)109-107(97)114-103(93)105-95(85)91(81)101-102-92(82)96(86(76)84)106(104)117(126)112(102)113-111(101)116(105)125(114,129)127(129)118(109)119(110(100)108(98)115)128(126,130)120(113)127/h29-32,37-45H,5-28,33-36,46-52,131H2,1-4H3/p+1. The second-order valence-electron chi connectivity index (χ2n) is 46.9. The molecule has 16 nitrogen and oxygen atoms in total. The molecule has 0 aromatic heterocycles. The van der Waals surface area contributed by atoms with E-state index in [0.29, 0.717) is 78.2 Å². The number of quaternary nitrogens is 1. The molecule has 3 N–H and O–H groups in total. The summed E-state index contributed by atoms with van der Waals surface area (Å²) in [6.07, 6.45) is 26.2. The van der Waals surface area contributed by atoms with Gasteiger partial charge >= 0.3 is 29.8 Å². The van der Waals surface area contributed by atoms with Gasteiger partial charge in [-0.3, -0.25) is 19.2 Å². The molecule has 4 bridgehead atoms. The lowest BCUT2D eigenvalue weighted by Gasteiger charge is -2.35. The number of ether oxygens (including phenoxy) is 10. The molecule has 2 saturated carbocycles. The van der Waals surface area contributed by atoms with Crippen LogP contribution in [0.2, 0.25) is 0 Å². The van der Waals surface area contributed by atoms with Crippen LogP contribution in [0, 0.1) is 10.8 Å². The van der Waals surface area contributed by atoms with Gasteiger partial charge in [0.2, 0.25) is 0 Å². The first kappa shape index (κ1) is 79.2. The highest BCUT2D eigenvalue weighted by Crippen LogP contribution is 3.05. The van der Waals surface area contributed by atoms with Crippen molar-refractivity contribution in [2.75, 3.05) is 33.0 Å². The molecule has 6 unspecified atom stereocenters. The minimum absolute atomic E-state index is 0.00742. The first-order chi connectivity index (χ1) is 72.0. The highest BCUT2D eigenvalue weighted by atomic mass is 16.6. The number of unbranched alkanes of at least 4 members (excludes halogenated alkanes) is 20. The van der Waals surface area contributed by atoms with Gasteiger partial charge in [-0.1, -0.05) is 180 Å². The van der Waals surface area contributed by atoms with Crippen molar-refractivity contribution in [3.63, 3.8) is 0 Å². The van der Waals surface area contributed by atoms with Crippen molar-refractivity contribution < 1.29 is 77.1 Å². The quantitative estimate of drug-likeness (QED) is 0.0124. The highest BCUT2D eigenvalue weighted by molar-refractivity contribution is 6.80. The summed E-state index contributed by atoms with van der Waals surface area (Å²) in [4.78, 5) is 92.5. The lowest BCUT2D eigenvalue weighted by atomic mass is 9.65. The molecule has 1 aliphatic heterocycles. The van der Waals surface area contributed by atoms with Crippen LogP contribution < -0.4 is 34.6 Å². The summed E-state index contributed by atoms with van der Waals surface area (Å²) >= 11 is 0. The van der Waals surface area contributed by atoms with E-state index in [-0.39, 0.29) is 38.8 Å². The summed E-state index contributed by atoms with van der Waals surface area (Å²) in [6, 6.07) is 25.2. The molecule has 0 saturated heterocycles. The fourth-order valence-corrected chi connectivity index (χ4v) is 37.3. The van der Waals surface area contributed by atoms with Gasteiger partial charge < -0.3 is 53.1 Å². The average Bonchev–Trinajstić information content (AvgIpc) is 1.33. The van der Waals surface area contributed by atoms with E-state index in [4.69, 9.17) is 47.4 Å². The Morgan fingerprint density at radius 1 is 0.267 bits per heavy atom. The van der Waals surface area contributed by atoms with Crippen molar-refractivity contribution in [2.24, 2.45) is 10.8 Å². The maximum absolute atomic E-state index is 19.6. The third-order valence-corrected chi connectivity index (χ3v) is 41.0. The third-order valence-electron chi connectivity index (χ3n) is 41.0. The summed E-state index contributed by atoms with van der Waals surface area (Å²) in [5.74, 6) is -0.956. The minimum Gasteiger partial charge on any atom is -0.493 e. The zero-order valence-electron chi connectivity index (χ0n) is 82.1. The smallest absolute Gasteiger partial charge is 0.344 e. The highest BCUT2D eigenvalue weighted by Gasteiger charge is 3.12. The molecule has 4 spiro atoms. The Labute approximate surface area is 832 Å². The summed E-state index contributed by atoms with van der Waals surface area (Å²) < 4.78 is 71.1. The van der Waals surface area contributed by atoms with Crippen molar-refractivity contribution in [3.8, 4) is 28.7 Å². The van der Waals surface area contributed by atoms with E-state index in [1.807, 2.05) is 66.7 Å². The van der Waals surface area contributed by atoms with Crippen LogP contribution >= 0.6 is 0 Å². The molecule has 2 fully saturated rings. The second-order valence-corrected chi connectivity index (χ2v) is 46.9. The van der Waals surface area contributed by atoms with E-state index >= 15 is 19.2 Å². The number of cyclic esters (lactones) is 2. The summed E-state index contributed by atoms with van der Waals surface area (Å²) in [6.45, 7) is 9.73. The van der Waals surface area contributed by atoms with Gasteiger partial charge in [-0.15, -0.1) is 0 Å². The van der Waals surface area contributed by atoms with E-state index in [1.165, 1.54) is 234 Å². The van der Waals surface area contributed by atoms with Crippen LogP contribution in [0.1, 0.15) is 249 Å². The Morgan fingerprint density at radius 3 is 0.822 bits per heavy atom. The number of carbonyl (C=O) groups is 5. The minimum atomic E-state index is -2.40. The molecule has 10 aliphatic rings. The monoisotopic (exact) mass is 1910 g/mol. The van der Waals surface area contributed by atoms with E-state index in [9.17, 15) is 4.79 Å². The van der Waals surface area contributed by atoms with Gasteiger partial charge in [0.15, 0.2) is 17.4 Å². The Morgan fingerprint density at radius 2 is 0.521 bits per heavy atom. The zero-order valence-corrected chi connectivity index (χ0v) is 82.1. The largest absolute Gasteiger partial charge is 0.493 e. The molecule has 29 aromatic carbocycles. The number of esters is 5. The predicted molar refractivity (Wildman–Crippen MR) is 575 cm³/mol. The summed E-state index contributed by atoms with van der Waals surface area (Å²) in [5.41, 5.74) is 2.57. The number of fused-ring (bicyclic) bond motifs is 2. The first-order valence-corrected chi connectivity index (χ1v) is 55.3. The molecule has 9 aliphatic carbocycles. The average molecular weight is 1910 g/mol. The van der Waals surface area contributed by atoms with Crippen LogP contribution in [0.25, 0.3) is 264 Å².